The summed E-state index contributed by atoms with van der Waals surface area (Å²) in [5.41, 5.74) is 1.56. The maximum atomic E-state index is 15.2. The topological polar surface area (TPSA) is 64.0 Å². The van der Waals surface area contributed by atoms with Gasteiger partial charge in [0.15, 0.2) is 23.0 Å². The van der Waals surface area contributed by atoms with Gasteiger partial charge in [-0.25, -0.2) is 4.39 Å². The SMILES string of the molecule is O=C1c2c(OCc3ccccc3)c(=O)ccn2N2CN1C/C=C\COc1c(ccc(F)c1F)C2c1ccccc1. The minimum Gasteiger partial charge on any atom is -0.486 e. The molecular weight excluding hydrogens is 516 g/mol. The zero-order valence-corrected chi connectivity index (χ0v) is 21.4. The highest BCUT2D eigenvalue weighted by molar-refractivity contribution is 5.96. The summed E-state index contributed by atoms with van der Waals surface area (Å²) in [7, 11) is 0. The smallest absolute Gasteiger partial charge is 0.278 e. The van der Waals surface area contributed by atoms with E-state index in [1.165, 1.54) is 18.3 Å². The van der Waals surface area contributed by atoms with Gasteiger partial charge in [0.2, 0.25) is 11.2 Å². The van der Waals surface area contributed by atoms with Gasteiger partial charge in [-0.15, -0.1) is 0 Å². The fraction of sp³-hybridized carbons (Fsp3) is 0.161. The number of benzene rings is 3. The molecule has 40 heavy (non-hydrogen) atoms. The van der Waals surface area contributed by atoms with Crippen molar-refractivity contribution < 1.29 is 23.0 Å². The van der Waals surface area contributed by atoms with E-state index in [1.807, 2.05) is 65.7 Å². The van der Waals surface area contributed by atoms with Crippen LogP contribution in [0.25, 0.3) is 0 Å². The van der Waals surface area contributed by atoms with Crippen molar-refractivity contribution in [2.24, 2.45) is 0 Å². The van der Waals surface area contributed by atoms with Gasteiger partial charge in [-0.3, -0.25) is 19.3 Å². The van der Waals surface area contributed by atoms with E-state index in [0.717, 1.165) is 17.2 Å². The Hall–Kier alpha value is -4.92. The number of ether oxygens (including phenoxy) is 2. The van der Waals surface area contributed by atoms with E-state index in [1.54, 1.807) is 21.7 Å². The van der Waals surface area contributed by atoms with Gasteiger partial charge < -0.3 is 14.4 Å². The van der Waals surface area contributed by atoms with Crippen molar-refractivity contribution in [2.75, 3.05) is 24.8 Å². The monoisotopic (exact) mass is 541 g/mol. The zero-order chi connectivity index (χ0) is 27.6. The van der Waals surface area contributed by atoms with Gasteiger partial charge >= 0.3 is 0 Å². The standard InChI is InChI=1S/C31H25F2N3O4/c32-24-14-13-23-27(22-11-5-2-6-12-22)36-20-34(16-7-8-18-39-29(23)26(24)33)31(38)28-30(25(37)15-17-35(28)36)40-19-21-9-3-1-4-10-21/h1-15,17,27H,16,18-20H2/b8-7-. The highest BCUT2D eigenvalue weighted by Crippen LogP contribution is 2.39. The van der Waals surface area contributed by atoms with Gasteiger partial charge in [0.1, 0.15) is 25.9 Å². The zero-order valence-electron chi connectivity index (χ0n) is 21.4. The third-order valence-corrected chi connectivity index (χ3v) is 6.95. The molecule has 0 fully saturated rings. The van der Waals surface area contributed by atoms with Crippen molar-refractivity contribution in [3.8, 4) is 11.5 Å². The molecule has 0 N–H and O–H groups in total. The second-order valence-electron chi connectivity index (χ2n) is 9.46. The Bertz CT molecular complexity index is 1640. The molecule has 0 radical (unpaired) electrons. The van der Waals surface area contributed by atoms with E-state index < -0.39 is 23.1 Å². The van der Waals surface area contributed by atoms with Gasteiger partial charge in [-0.1, -0.05) is 66.7 Å². The number of aromatic nitrogens is 1. The van der Waals surface area contributed by atoms with Crippen LogP contribution in [-0.4, -0.2) is 35.3 Å². The molecule has 2 aliphatic heterocycles. The van der Waals surface area contributed by atoms with Crippen molar-refractivity contribution in [3.63, 3.8) is 0 Å². The van der Waals surface area contributed by atoms with Crippen LogP contribution in [0.3, 0.4) is 0 Å². The van der Waals surface area contributed by atoms with Crippen molar-refractivity contribution >= 4 is 5.91 Å². The molecule has 9 heteroatoms. The maximum absolute atomic E-state index is 15.2. The number of pyridine rings is 1. The molecule has 0 spiro atoms. The third-order valence-electron chi connectivity index (χ3n) is 6.95. The van der Waals surface area contributed by atoms with E-state index >= 15 is 4.39 Å². The van der Waals surface area contributed by atoms with E-state index in [0.29, 0.717) is 5.56 Å². The Labute approximate surface area is 229 Å². The molecule has 4 aromatic rings. The molecule has 7 nitrogen and oxygen atoms in total. The van der Waals surface area contributed by atoms with Crippen molar-refractivity contribution in [1.29, 1.82) is 0 Å². The minimum absolute atomic E-state index is 0.0207. The lowest BCUT2D eigenvalue weighted by Crippen LogP contribution is -2.55. The number of rotatable bonds is 4. The molecule has 1 aromatic heterocycles. The first-order chi connectivity index (χ1) is 19.5. The maximum Gasteiger partial charge on any atom is 0.278 e. The summed E-state index contributed by atoms with van der Waals surface area (Å²) in [5, 5.41) is 1.82. The predicted octanol–water partition coefficient (Wildman–Crippen LogP) is 4.80. The van der Waals surface area contributed by atoms with Crippen LogP contribution in [0.5, 0.6) is 11.5 Å². The number of nitrogens with zero attached hydrogens (tertiary/aromatic N) is 3. The van der Waals surface area contributed by atoms with Crippen LogP contribution < -0.4 is 19.9 Å². The van der Waals surface area contributed by atoms with Crippen molar-refractivity contribution in [1.82, 2.24) is 9.58 Å². The van der Waals surface area contributed by atoms with Gasteiger partial charge in [-0.2, -0.15) is 4.39 Å². The number of carbonyl (C=O) groups is 1. The number of halogens is 2. The average Bonchev–Trinajstić information content (AvgIpc) is 3.01. The lowest BCUT2D eigenvalue weighted by atomic mass is 9.96. The Balaban J connectivity index is 1.56. The molecule has 3 aromatic carbocycles. The third kappa shape index (κ3) is 4.59. The second-order valence-corrected chi connectivity index (χ2v) is 9.46. The number of hydrogen-bond acceptors (Lipinski definition) is 5. The van der Waals surface area contributed by atoms with Crippen molar-refractivity contribution in [3.05, 3.63) is 141 Å². The summed E-state index contributed by atoms with van der Waals surface area (Å²) in [6.07, 6.45) is 4.87. The summed E-state index contributed by atoms with van der Waals surface area (Å²) < 4.78 is 42.9. The predicted molar refractivity (Wildman–Crippen MR) is 145 cm³/mol. The summed E-state index contributed by atoms with van der Waals surface area (Å²) in [5.74, 6) is -2.81. The normalized spacial score (nSPS) is 17.2. The Morgan fingerprint density at radius 1 is 0.900 bits per heavy atom. The fourth-order valence-electron chi connectivity index (χ4n) is 5.05. The number of carbonyl (C=O) groups excluding carboxylic acids is 1. The minimum atomic E-state index is -1.09. The van der Waals surface area contributed by atoms with Crippen LogP contribution >= 0.6 is 0 Å². The molecule has 1 amide bonds. The summed E-state index contributed by atoms with van der Waals surface area (Å²) in [6, 6.07) is 21.8. The average molecular weight is 542 g/mol. The molecule has 1 atom stereocenters. The van der Waals surface area contributed by atoms with Crippen LogP contribution in [0.15, 0.2) is 102 Å². The number of fused-ring (bicyclic) bond motifs is 5. The highest BCUT2D eigenvalue weighted by atomic mass is 19.2. The molecular formula is C31H25F2N3O4. The van der Waals surface area contributed by atoms with Crippen LogP contribution in [-0.2, 0) is 6.61 Å². The Kier molecular flexibility index (Phi) is 6.77. The van der Waals surface area contributed by atoms with Crippen LogP contribution in [0.2, 0.25) is 0 Å². The van der Waals surface area contributed by atoms with Crippen LogP contribution in [0.1, 0.15) is 33.2 Å². The lowest BCUT2D eigenvalue weighted by Gasteiger charge is -2.44. The first-order valence-corrected chi connectivity index (χ1v) is 12.8. The summed E-state index contributed by atoms with van der Waals surface area (Å²) >= 11 is 0. The molecule has 2 bridgehead atoms. The van der Waals surface area contributed by atoms with E-state index in [4.69, 9.17) is 9.47 Å². The van der Waals surface area contributed by atoms with Crippen LogP contribution in [0.4, 0.5) is 8.78 Å². The molecule has 0 saturated carbocycles. The summed E-state index contributed by atoms with van der Waals surface area (Å²) in [6.45, 7) is 0.362. The molecule has 0 saturated heterocycles. The Morgan fingerprint density at radius 2 is 1.65 bits per heavy atom. The van der Waals surface area contributed by atoms with Gasteiger partial charge in [0.25, 0.3) is 5.91 Å². The molecule has 3 heterocycles. The van der Waals surface area contributed by atoms with Crippen LogP contribution in [0, 0.1) is 11.6 Å². The molecule has 202 valence electrons. The van der Waals surface area contributed by atoms with E-state index in [-0.39, 0.29) is 49.5 Å². The van der Waals surface area contributed by atoms with Gasteiger partial charge in [0, 0.05) is 24.4 Å². The highest BCUT2D eigenvalue weighted by Gasteiger charge is 2.38. The van der Waals surface area contributed by atoms with E-state index in [9.17, 15) is 14.0 Å². The van der Waals surface area contributed by atoms with E-state index in [2.05, 4.69) is 0 Å². The quantitative estimate of drug-likeness (QED) is 0.348. The van der Waals surface area contributed by atoms with Gasteiger partial charge in [-0.05, 0) is 29.3 Å². The molecule has 1 unspecified atom stereocenters. The molecule has 6 rings (SSSR count). The first kappa shape index (κ1) is 25.4. The first-order valence-electron chi connectivity index (χ1n) is 12.8. The molecule has 2 aliphatic rings. The lowest BCUT2D eigenvalue weighted by molar-refractivity contribution is 0.0698. The number of hydrogen-bond donors (Lipinski definition) is 0. The van der Waals surface area contributed by atoms with Crippen molar-refractivity contribution in [2.45, 2.75) is 12.6 Å². The van der Waals surface area contributed by atoms with Gasteiger partial charge in [0.05, 0.1) is 0 Å². The largest absolute Gasteiger partial charge is 0.486 e. The Morgan fingerprint density at radius 3 is 2.42 bits per heavy atom. The summed E-state index contributed by atoms with van der Waals surface area (Å²) in [4.78, 5) is 28.5. The second kappa shape index (κ2) is 10.7. The molecule has 0 aliphatic carbocycles. The number of amides is 1. The fourth-order valence-corrected chi connectivity index (χ4v) is 5.05.